The molecule has 0 radical (unpaired) electrons. The van der Waals surface area contributed by atoms with Crippen LogP contribution in [0, 0.1) is 11.8 Å². The predicted molar refractivity (Wildman–Crippen MR) is 79.5 cm³/mol. The maximum absolute atomic E-state index is 8.69. The van der Waals surface area contributed by atoms with Gasteiger partial charge in [0.15, 0.2) is 0 Å². The normalized spacial score (nSPS) is 10.3. The lowest BCUT2D eigenvalue weighted by atomic mass is 10.3. The molecule has 3 rings (SSSR count). The van der Waals surface area contributed by atoms with Gasteiger partial charge in [0.2, 0.25) is 0 Å². The van der Waals surface area contributed by atoms with Crippen LogP contribution in [0.4, 0.5) is 0 Å². The Bertz CT molecular complexity index is 763. The standard InChI is InChI=1S/C14H13N5OS/c20-10-1-3-12-4-5-14(21-12)13-11-19(17-16-13)9-8-18-7-2-6-15-18/h2,4-7,11,20H,8-10H2. The van der Waals surface area contributed by atoms with Crippen molar-refractivity contribution < 1.29 is 5.11 Å². The quantitative estimate of drug-likeness (QED) is 0.736. The molecule has 106 valence electrons. The lowest BCUT2D eigenvalue weighted by molar-refractivity contribution is 0.350. The third-order valence-corrected chi connectivity index (χ3v) is 3.83. The van der Waals surface area contributed by atoms with Crippen LogP contribution in [0.15, 0.2) is 36.8 Å². The van der Waals surface area contributed by atoms with E-state index in [1.54, 1.807) is 10.9 Å². The molecular weight excluding hydrogens is 286 g/mol. The molecule has 1 N–H and O–H groups in total. The highest BCUT2D eigenvalue weighted by molar-refractivity contribution is 7.16. The van der Waals surface area contributed by atoms with E-state index in [9.17, 15) is 0 Å². The SMILES string of the molecule is OCC#Cc1ccc(-c2cn(CCn3cccn3)nn2)s1. The molecule has 0 spiro atoms. The van der Waals surface area contributed by atoms with Gasteiger partial charge in [-0.3, -0.25) is 9.36 Å². The molecule has 0 aliphatic rings. The number of rotatable bonds is 4. The Balaban J connectivity index is 1.68. The minimum absolute atomic E-state index is 0.128. The first kappa shape index (κ1) is 13.5. The summed E-state index contributed by atoms with van der Waals surface area (Å²) >= 11 is 1.54. The Morgan fingerprint density at radius 1 is 1.24 bits per heavy atom. The van der Waals surface area contributed by atoms with Crippen molar-refractivity contribution in [2.75, 3.05) is 6.61 Å². The van der Waals surface area contributed by atoms with Crippen LogP contribution >= 0.6 is 11.3 Å². The van der Waals surface area contributed by atoms with Crippen LogP contribution in [-0.4, -0.2) is 36.5 Å². The third-order valence-electron chi connectivity index (χ3n) is 2.81. The predicted octanol–water partition coefficient (Wildman–Crippen LogP) is 1.25. The number of hydrogen-bond acceptors (Lipinski definition) is 5. The third kappa shape index (κ3) is 3.37. The van der Waals surface area contributed by atoms with Gasteiger partial charge in [0.05, 0.1) is 29.0 Å². The molecular formula is C14H13N5OS. The van der Waals surface area contributed by atoms with Gasteiger partial charge in [-0.25, -0.2) is 0 Å². The van der Waals surface area contributed by atoms with Crippen molar-refractivity contribution in [3.63, 3.8) is 0 Å². The molecule has 7 heteroatoms. The molecule has 0 bridgehead atoms. The molecule has 0 atom stereocenters. The molecule has 0 fully saturated rings. The highest BCUT2D eigenvalue weighted by atomic mass is 32.1. The molecule has 21 heavy (non-hydrogen) atoms. The molecule has 3 aromatic rings. The summed E-state index contributed by atoms with van der Waals surface area (Å²) in [7, 11) is 0. The first-order valence-electron chi connectivity index (χ1n) is 6.42. The Morgan fingerprint density at radius 2 is 2.14 bits per heavy atom. The molecule has 0 unspecified atom stereocenters. The van der Waals surface area contributed by atoms with E-state index in [-0.39, 0.29) is 6.61 Å². The second-order valence-corrected chi connectivity index (χ2v) is 5.34. The number of aliphatic hydroxyl groups excluding tert-OH is 1. The van der Waals surface area contributed by atoms with Crippen LogP contribution in [-0.2, 0) is 13.1 Å². The fraction of sp³-hybridized carbons (Fsp3) is 0.214. The van der Waals surface area contributed by atoms with Crippen LogP contribution in [0.5, 0.6) is 0 Å². The summed E-state index contributed by atoms with van der Waals surface area (Å²) < 4.78 is 3.66. The Hall–Kier alpha value is -2.43. The van der Waals surface area contributed by atoms with Gasteiger partial charge in [-0.05, 0) is 18.2 Å². The first-order valence-corrected chi connectivity index (χ1v) is 7.24. The average molecular weight is 299 g/mol. The van der Waals surface area contributed by atoms with Crippen LogP contribution in [0.25, 0.3) is 10.6 Å². The molecule has 3 heterocycles. The van der Waals surface area contributed by atoms with E-state index in [1.807, 2.05) is 35.3 Å². The monoisotopic (exact) mass is 299 g/mol. The van der Waals surface area contributed by atoms with Gasteiger partial charge in [0.25, 0.3) is 0 Å². The molecule has 0 saturated heterocycles. The van der Waals surface area contributed by atoms with Crippen molar-refractivity contribution in [2.24, 2.45) is 0 Å². The fourth-order valence-corrected chi connectivity index (χ4v) is 2.66. The van der Waals surface area contributed by atoms with E-state index in [4.69, 9.17) is 5.11 Å². The summed E-state index contributed by atoms with van der Waals surface area (Å²) in [5.74, 6) is 5.52. The van der Waals surface area contributed by atoms with E-state index in [2.05, 4.69) is 27.3 Å². The summed E-state index contributed by atoms with van der Waals surface area (Å²) in [4.78, 5) is 1.92. The average Bonchev–Trinajstić information content (AvgIpc) is 3.22. The van der Waals surface area contributed by atoms with Crippen LogP contribution < -0.4 is 0 Å². The largest absolute Gasteiger partial charge is 0.384 e. The Labute approximate surface area is 125 Å². The maximum Gasteiger partial charge on any atom is 0.123 e. The smallest absolute Gasteiger partial charge is 0.123 e. The summed E-state index contributed by atoms with van der Waals surface area (Å²) in [6.07, 6.45) is 5.59. The summed E-state index contributed by atoms with van der Waals surface area (Å²) in [5, 5.41) is 21.1. The topological polar surface area (TPSA) is 68.8 Å². The van der Waals surface area contributed by atoms with Crippen molar-refractivity contribution in [1.29, 1.82) is 0 Å². The van der Waals surface area contributed by atoms with Crippen molar-refractivity contribution in [2.45, 2.75) is 13.1 Å². The molecule has 0 aliphatic carbocycles. The summed E-state index contributed by atoms with van der Waals surface area (Å²) in [6, 6.07) is 5.78. The Morgan fingerprint density at radius 3 is 2.95 bits per heavy atom. The fourth-order valence-electron chi connectivity index (χ4n) is 1.83. The number of aromatic nitrogens is 5. The number of nitrogens with zero attached hydrogens (tertiary/aromatic N) is 5. The number of aliphatic hydroxyl groups is 1. The van der Waals surface area contributed by atoms with E-state index in [1.165, 1.54) is 11.3 Å². The molecule has 6 nitrogen and oxygen atoms in total. The van der Waals surface area contributed by atoms with Gasteiger partial charge in [-0.15, -0.1) is 16.4 Å². The zero-order valence-corrected chi connectivity index (χ0v) is 12.0. The van der Waals surface area contributed by atoms with E-state index < -0.39 is 0 Å². The second-order valence-electron chi connectivity index (χ2n) is 4.26. The van der Waals surface area contributed by atoms with Gasteiger partial charge < -0.3 is 5.11 Å². The van der Waals surface area contributed by atoms with Crippen molar-refractivity contribution in [1.82, 2.24) is 24.8 Å². The molecule has 3 aromatic heterocycles. The highest BCUT2D eigenvalue weighted by Crippen LogP contribution is 2.25. The minimum Gasteiger partial charge on any atom is -0.384 e. The van der Waals surface area contributed by atoms with Crippen LogP contribution in [0.1, 0.15) is 4.88 Å². The van der Waals surface area contributed by atoms with Gasteiger partial charge in [-0.2, -0.15) is 5.10 Å². The molecule has 0 saturated carbocycles. The summed E-state index contributed by atoms with van der Waals surface area (Å²) in [5.41, 5.74) is 0.831. The zero-order valence-electron chi connectivity index (χ0n) is 11.2. The molecule has 0 aliphatic heterocycles. The lowest BCUT2D eigenvalue weighted by Crippen LogP contribution is -2.08. The van der Waals surface area contributed by atoms with Crippen molar-refractivity contribution >= 4 is 11.3 Å². The Kier molecular flexibility index (Phi) is 4.09. The second kappa shape index (κ2) is 6.35. The number of hydrogen-bond donors (Lipinski definition) is 1. The zero-order chi connectivity index (χ0) is 14.5. The van der Waals surface area contributed by atoms with E-state index >= 15 is 0 Å². The lowest BCUT2D eigenvalue weighted by Gasteiger charge is -2.00. The minimum atomic E-state index is -0.128. The number of aryl methyl sites for hydroxylation is 2. The van der Waals surface area contributed by atoms with Gasteiger partial charge in [0.1, 0.15) is 12.3 Å². The van der Waals surface area contributed by atoms with Crippen LogP contribution in [0.3, 0.4) is 0 Å². The van der Waals surface area contributed by atoms with E-state index in [0.29, 0.717) is 0 Å². The molecule has 0 aromatic carbocycles. The molecule has 0 amide bonds. The van der Waals surface area contributed by atoms with Gasteiger partial charge >= 0.3 is 0 Å². The van der Waals surface area contributed by atoms with Crippen LogP contribution in [0.2, 0.25) is 0 Å². The van der Waals surface area contributed by atoms with Gasteiger partial charge in [-0.1, -0.05) is 17.1 Å². The first-order chi connectivity index (χ1) is 10.3. The maximum atomic E-state index is 8.69. The number of thiophene rings is 1. The highest BCUT2D eigenvalue weighted by Gasteiger charge is 2.06. The van der Waals surface area contributed by atoms with Crippen molar-refractivity contribution in [3.05, 3.63) is 41.7 Å². The van der Waals surface area contributed by atoms with Gasteiger partial charge in [0, 0.05) is 12.4 Å². The summed E-state index contributed by atoms with van der Waals surface area (Å²) in [6.45, 7) is 1.35. The van der Waals surface area contributed by atoms with E-state index in [0.717, 1.165) is 28.5 Å². The van der Waals surface area contributed by atoms with Crippen molar-refractivity contribution in [3.8, 4) is 22.4 Å².